The third kappa shape index (κ3) is 5.12. The van der Waals surface area contributed by atoms with Gasteiger partial charge in [-0.1, -0.05) is 49.4 Å². The van der Waals surface area contributed by atoms with Crippen molar-refractivity contribution in [2.45, 2.75) is 25.8 Å². The molecule has 0 aliphatic carbocycles. The Labute approximate surface area is 141 Å². The zero-order valence-electron chi connectivity index (χ0n) is 13.6. The fraction of sp³-hybridized carbons (Fsp3) is 0.263. The van der Waals surface area contributed by atoms with Crippen molar-refractivity contribution in [3.8, 4) is 5.75 Å². The quantitative estimate of drug-likeness (QED) is 0.781. The minimum atomic E-state index is -1.09. The zero-order valence-corrected chi connectivity index (χ0v) is 13.6. The van der Waals surface area contributed by atoms with Crippen LogP contribution in [0.4, 0.5) is 0 Å². The number of hydrogen-bond acceptors (Lipinski definition) is 3. The van der Waals surface area contributed by atoms with Crippen LogP contribution >= 0.6 is 0 Å². The molecule has 2 aromatic rings. The number of nitrogens with one attached hydrogen (secondary N) is 1. The Morgan fingerprint density at radius 2 is 1.88 bits per heavy atom. The van der Waals surface area contributed by atoms with Crippen LogP contribution < -0.4 is 10.1 Å². The number of carboxylic acids is 1. The monoisotopic (exact) mass is 327 g/mol. The Kier molecular flexibility index (Phi) is 6.37. The van der Waals surface area contributed by atoms with Crippen LogP contribution in [0.1, 0.15) is 30.5 Å². The second-order valence-electron chi connectivity index (χ2n) is 5.42. The highest BCUT2D eigenvalue weighted by Gasteiger charge is 2.21. The summed E-state index contributed by atoms with van der Waals surface area (Å²) in [6.45, 7) is 2.64. The van der Waals surface area contributed by atoms with Crippen molar-refractivity contribution in [3.05, 3.63) is 65.7 Å². The molecule has 1 amide bonds. The molecule has 0 unspecified atom stereocenters. The molecule has 24 heavy (non-hydrogen) atoms. The molecule has 0 saturated carbocycles. The van der Waals surface area contributed by atoms with Gasteiger partial charge < -0.3 is 15.2 Å². The molecule has 126 valence electrons. The van der Waals surface area contributed by atoms with Crippen molar-refractivity contribution in [1.82, 2.24) is 5.32 Å². The summed E-state index contributed by atoms with van der Waals surface area (Å²) in [5, 5.41) is 11.9. The van der Waals surface area contributed by atoms with Crippen molar-refractivity contribution in [3.63, 3.8) is 0 Å². The number of aliphatic carboxylic acids is 1. The molecule has 2 aromatic carbocycles. The summed E-state index contributed by atoms with van der Waals surface area (Å²) in [4.78, 5) is 23.6. The molecule has 0 heterocycles. The minimum Gasteiger partial charge on any atom is -0.494 e. The van der Waals surface area contributed by atoms with Gasteiger partial charge in [0.1, 0.15) is 5.75 Å². The molecule has 0 saturated heterocycles. The van der Waals surface area contributed by atoms with Crippen LogP contribution in [0.25, 0.3) is 0 Å². The molecule has 0 spiro atoms. The molecule has 5 heteroatoms. The fourth-order valence-electron chi connectivity index (χ4n) is 2.30. The molecule has 0 radical (unpaired) electrons. The van der Waals surface area contributed by atoms with Crippen molar-refractivity contribution in [2.75, 3.05) is 6.61 Å². The normalized spacial score (nSPS) is 11.5. The summed E-state index contributed by atoms with van der Waals surface area (Å²) in [6, 6.07) is 14.9. The van der Waals surface area contributed by atoms with Gasteiger partial charge in [-0.25, -0.2) is 4.79 Å². The van der Waals surface area contributed by atoms with E-state index in [1.807, 2.05) is 25.1 Å². The molecule has 0 aromatic heterocycles. The lowest BCUT2D eigenvalue weighted by molar-refractivity contribution is -0.141. The second-order valence-corrected chi connectivity index (χ2v) is 5.42. The first-order valence-corrected chi connectivity index (χ1v) is 7.89. The van der Waals surface area contributed by atoms with E-state index in [1.165, 1.54) is 0 Å². The molecule has 0 aliphatic heterocycles. The first-order chi connectivity index (χ1) is 11.6. The summed E-state index contributed by atoms with van der Waals surface area (Å²) in [5.41, 5.74) is 1.32. The average molecular weight is 327 g/mol. The third-order valence-electron chi connectivity index (χ3n) is 3.42. The van der Waals surface area contributed by atoms with E-state index in [9.17, 15) is 14.7 Å². The van der Waals surface area contributed by atoms with Crippen LogP contribution in [0.5, 0.6) is 5.75 Å². The molecule has 2 rings (SSSR count). The molecular formula is C19H21NO4. The number of carboxylic acid groups (broad SMARTS) is 1. The van der Waals surface area contributed by atoms with Crippen molar-refractivity contribution < 1.29 is 19.4 Å². The van der Waals surface area contributed by atoms with Gasteiger partial charge in [0.2, 0.25) is 5.91 Å². The maximum Gasteiger partial charge on any atom is 0.330 e. The van der Waals surface area contributed by atoms with Gasteiger partial charge in [0, 0.05) is 0 Å². The highest BCUT2D eigenvalue weighted by molar-refractivity contribution is 5.85. The Morgan fingerprint density at radius 3 is 2.54 bits per heavy atom. The Morgan fingerprint density at radius 1 is 1.12 bits per heavy atom. The average Bonchev–Trinajstić information content (AvgIpc) is 2.58. The van der Waals surface area contributed by atoms with E-state index >= 15 is 0 Å². The highest BCUT2D eigenvalue weighted by Crippen LogP contribution is 2.16. The van der Waals surface area contributed by atoms with Gasteiger partial charge in [0.25, 0.3) is 0 Å². The van der Waals surface area contributed by atoms with Crippen LogP contribution in [-0.2, 0) is 16.0 Å². The Hall–Kier alpha value is -2.82. The zero-order chi connectivity index (χ0) is 17.4. The summed E-state index contributed by atoms with van der Waals surface area (Å²) >= 11 is 0. The predicted octanol–water partition coefficient (Wildman–Crippen LogP) is 2.96. The van der Waals surface area contributed by atoms with Gasteiger partial charge >= 0.3 is 5.97 Å². The van der Waals surface area contributed by atoms with Crippen molar-refractivity contribution in [1.29, 1.82) is 0 Å². The van der Waals surface area contributed by atoms with Gasteiger partial charge in [-0.05, 0) is 29.7 Å². The molecule has 5 nitrogen and oxygen atoms in total. The minimum absolute atomic E-state index is 0.0972. The van der Waals surface area contributed by atoms with E-state index < -0.39 is 12.0 Å². The molecule has 0 fully saturated rings. The van der Waals surface area contributed by atoms with E-state index in [0.717, 1.165) is 12.0 Å². The predicted molar refractivity (Wildman–Crippen MR) is 90.9 cm³/mol. The number of carbonyl (C=O) groups is 2. The van der Waals surface area contributed by atoms with Crippen LogP contribution in [0.3, 0.4) is 0 Å². The van der Waals surface area contributed by atoms with Crippen LogP contribution in [0, 0.1) is 0 Å². The lowest BCUT2D eigenvalue weighted by atomic mass is 10.1. The SMILES string of the molecule is CCCOc1cccc(CC(=O)N[C@@H](C(=O)O)c2ccccc2)c1. The van der Waals surface area contributed by atoms with Crippen molar-refractivity contribution >= 4 is 11.9 Å². The Bertz CT molecular complexity index is 685. The standard InChI is InChI=1S/C19H21NO4/c1-2-11-24-16-10-6-7-14(12-16)13-17(21)20-18(19(22)23)15-8-4-3-5-9-15/h3-10,12,18H,2,11,13H2,1H3,(H,20,21)(H,22,23)/t18-/m1/s1. The second kappa shape index (κ2) is 8.72. The number of benzene rings is 2. The maximum absolute atomic E-state index is 12.2. The van der Waals surface area contributed by atoms with Crippen molar-refractivity contribution in [2.24, 2.45) is 0 Å². The molecule has 1 atom stereocenters. The number of rotatable bonds is 8. The number of ether oxygens (including phenoxy) is 1. The van der Waals surface area contributed by atoms with Gasteiger partial charge in [0.05, 0.1) is 13.0 Å². The fourth-order valence-corrected chi connectivity index (χ4v) is 2.30. The molecule has 0 bridgehead atoms. The smallest absolute Gasteiger partial charge is 0.330 e. The topological polar surface area (TPSA) is 75.6 Å². The maximum atomic E-state index is 12.2. The first kappa shape index (κ1) is 17.5. The molecule has 0 aliphatic rings. The Balaban J connectivity index is 2.02. The number of hydrogen-bond donors (Lipinski definition) is 2. The van der Waals surface area contributed by atoms with Crippen LogP contribution in [0.15, 0.2) is 54.6 Å². The van der Waals surface area contributed by atoms with E-state index in [0.29, 0.717) is 17.9 Å². The van der Waals surface area contributed by atoms with E-state index in [1.54, 1.807) is 36.4 Å². The summed E-state index contributed by atoms with van der Waals surface area (Å²) in [5.74, 6) is -0.728. The van der Waals surface area contributed by atoms with Gasteiger partial charge in [0.15, 0.2) is 6.04 Å². The number of carbonyl (C=O) groups excluding carboxylic acids is 1. The van der Waals surface area contributed by atoms with Gasteiger partial charge in [-0.3, -0.25) is 4.79 Å². The highest BCUT2D eigenvalue weighted by atomic mass is 16.5. The summed E-state index contributed by atoms with van der Waals surface area (Å²) < 4.78 is 5.54. The van der Waals surface area contributed by atoms with Gasteiger partial charge in [-0.15, -0.1) is 0 Å². The van der Waals surface area contributed by atoms with E-state index in [-0.39, 0.29) is 12.3 Å². The summed E-state index contributed by atoms with van der Waals surface area (Å²) in [7, 11) is 0. The third-order valence-corrected chi connectivity index (χ3v) is 3.42. The molecular weight excluding hydrogens is 306 g/mol. The van der Waals surface area contributed by atoms with Crippen LogP contribution in [-0.4, -0.2) is 23.6 Å². The van der Waals surface area contributed by atoms with Crippen LogP contribution in [0.2, 0.25) is 0 Å². The molecule has 2 N–H and O–H groups in total. The lowest BCUT2D eigenvalue weighted by Gasteiger charge is -2.15. The van der Waals surface area contributed by atoms with E-state index in [4.69, 9.17) is 4.74 Å². The summed E-state index contributed by atoms with van der Waals surface area (Å²) in [6.07, 6.45) is 1.00. The number of amides is 1. The lowest BCUT2D eigenvalue weighted by Crippen LogP contribution is -2.34. The first-order valence-electron chi connectivity index (χ1n) is 7.89. The largest absolute Gasteiger partial charge is 0.494 e. The van der Waals surface area contributed by atoms with E-state index in [2.05, 4.69) is 5.32 Å². The van der Waals surface area contributed by atoms with Gasteiger partial charge in [-0.2, -0.15) is 0 Å².